The molecule has 1 heterocycles. The van der Waals surface area contributed by atoms with E-state index in [1.807, 2.05) is 12.1 Å². The van der Waals surface area contributed by atoms with Crippen molar-refractivity contribution in [1.29, 1.82) is 0 Å². The molecule has 0 spiro atoms. The number of hydrogen-bond donors (Lipinski definition) is 2. The molecule has 0 unspecified atom stereocenters. The zero-order valence-electron chi connectivity index (χ0n) is 13.6. The van der Waals surface area contributed by atoms with E-state index in [9.17, 15) is 0 Å². The van der Waals surface area contributed by atoms with Crippen molar-refractivity contribution in [3.63, 3.8) is 0 Å². The number of hydrogen-bond acceptors (Lipinski definition) is 6. The summed E-state index contributed by atoms with van der Waals surface area (Å²) < 4.78 is 0. The topological polar surface area (TPSA) is 76.7 Å². The number of thioether (sulfide) groups is 1. The molecule has 0 radical (unpaired) electrons. The number of benzene rings is 1. The molecule has 0 atom stereocenters. The summed E-state index contributed by atoms with van der Waals surface area (Å²) in [7, 11) is 0. The van der Waals surface area contributed by atoms with E-state index in [0.29, 0.717) is 34.0 Å². The van der Waals surface area contributed by atoms with Crippen LogP contribution in [0.25, 0.3) is 0 Å². The van der Waals surface area contributed by atoms with Crippen molar-refractivity contribution in [3.8, 4) is 0 Å². The maximum atomic E-state index is 5.98. The van der Waals surface area contributed by atoms with Gasteiger partial charge < -0.3 is 11.1 Å². The molecular formula is C16H21Cl2N5S. The summed E-state index contributed by atoms with van der Waals surface area (Å²) in [5, 5.41) is 5.15. The average molecular weight is 386 g/mol. The molecule has 5 nitrogen and oxygen atoms in total. The molecule has 0 saturated carbocycles. The van der Waals surface area contributed by atoms with Crippen LogP contribution in [0.1, 0.15) is 32.0 Å². The predicted octanol–water partition coefficient (Wildman–Crippen LogP) is 4.70. The first-order chi connectivity index (χ1) is 11.6. The van der Waals surface area contributed by atoms with Crippen molar-refractivity contribution in [2.45, 2.75) is 37.8 Å². The number of anilines is 2. The summed E-state index contributed by atoms with van der Waals surface area (Å²) in [6.45, 7) is 2.84. The van der Waals surface area contributed by atoms with Crippen LogP contribution in [0.4, 0.5) is 11.6 Å². The second-order valence-electron chi connectivity index (χ2n) is 5.28. The third kappa shape index (κ3) is 6.71. The largest absolute Gasteiger partial charge is 0.385 e. The minimum absolute atomic E-state index is 0.267. The van der Waals surface area contributed by atoms with Gasteiger partial charge in [0.1, 0.15) is 5.82 Å². The molecule has 0 amide bonds. The van der Waals surface area contributed by atoms with Crippen molar-refractivity contribution in [2.75, 3.05) is 23.3 Å². The summed E-state index contributed by atoms with van der Waals surface area (Å²) in [6, 6.07) is 5.34. The van der Waals surface area contributed by atoms with Gasteiger partial charge >= 0.3 is 0 Å². The Morgan fingerprint density at radius 2 is 1.83 bits per heavy atom. The van der Waals surface area contributed by atoms with E-state index in [0.717, 1.165) is 17.9 Å². The van der Waals surface area contributed by atoms with Gasteiger partial charge in [0.25, 0.3) is 0 Å². The van der Waals surface area contributed by atoms with Crippen LogP contribution in [-0.4, -0.2) is 27.2 Å². The number of nitrogens with zero attached hydrogens (tertiary/aromatic N) is 3. The fourth-order valence-electron chi connectivity index (χ4n) is 2.08. The lowest BCUT2D eigenvalue weighted by Gasteiger charge is -2.08. The van der Waals surface area contributed by atoms with Crippen molar-refractivity contribution < 1.29 is 0 Å². The quantitative estimate of drug-likeness (QED) is 0.481. The Hall–Kier alpha value is -1.24. The molecule has 0 bridgehead atoms. The molecule has 0 aliphatic rings. The monoisotopic (exact) mass is 385 g/mol. The van der Waals surface area contributed by atoms with Gasteiger partial charge in [-0.2, -0.15) is 9.97 Å². The Balaban J connectivity index is 1.88. The molecule has 3 N–H and O–H groups in total. The number of aromatic nitrogens is 3. The highest BCUT2D eigenvalue weighted by atomic mass is 35.5. The number of nitrogens with one attached hydrogen (secondary N) is 1. The van der Waals surface area contributed by atoms with E-state index in [2.05, 4.69) is 27.2 Å². The lowest BCUT2D eigenvalue weighted by Crippen LogP contribution is -2.10. The van der Waals surface area contributed by atoms with Gasteiger partial charge in [-0.1, -0.05) is 54.7 Å². The predicted molar refractivity (Wildman–Crippen MR) is 103 cm³/mol. The van der Waals surface area contributed by atoms with Crippen LogP contribution in [-0.2, 0) is 6.42 Å². The Morgan fingerprint density at radius 3 is 2.54 bits per heavy atom. The number of unbranched alkanes of at least 4 members (excludes halogenated alkanes) is 2. The standard InChI is InChI=1S/C16H21Cl2N5S/c1-2-3-4-7-24-16-22-14(21-15(19)23-16)5-6-20-13-9-11(17)8-12(18)10-13/h8-10,20H,2-7H2,1H3,(H2,19,21,22,23). The Labute approximate surface area is 156 Å². The van der Waals surface area contributed by atoms with E-state index in [4.69, 9.17) is 28.9 Å². The Morgan fingerprint density at radius 1 is 1.08 bits per heavy atom. The van der Waals surface area contributed by atoms with E-state index < -0.39 is 0 Å². The van der Waals surface area contributed by atoms with Crippen molar-refractivity contribution in [3.05, 3.63) is 34.1 Å². The molecule has 24 heavy (non-hydrogen) atoms. The van der Waals surface area contributed by atoms with Crippen LogP contribution in [0.5, 0.6) is 0 Å². The molecule has 130 valence electrons. The highest BCUT2D eigenvalue weighted by molar-refractivity contribution is 7.99. The van der Waals surface area contributed by atoms with Gasteiger partial charge in [0.05, 0.1) is 0 Å². The lowest BCUT2D eigenvalue weighted by molar-refractivity contribution is 0.773. The first-order valence-corrected chi connectivity index (χ1v) is 9.64. The van der Waals surface area contributed by atoms with E-state index in [-0.39, 0.29) is 5.95 Å². The first kappa shape index (κ1) is 19.1. The van der Waals surface area contributed by atoms with Gasteiger partial charge in [-0.3, -0.25) is 0 Å². The van der Waals surface area contributed by atoms with E-state index >= 15 is 0 Å². The molecule has 2 rings (SSSR count). The summed E-state index contributed by atoms with van der Waals surface area (Å²) >= 11 is 13.6. The minimum Gasteiger partial charge on any atom is -0.385 e. The van der Waals surface area contributed by atoms with Crippen LogP contribution >= 0.6 is 35.0 Å². The maximum Gasteiger partial charge on any atom is 0.224 e. The SMILES string of the molecule is CCCCCSc1nc(N)nc(CCNc2cc(Cl)cc(Cl)c2)n1. The van der Waals surface area contributed by atoms with Gasteiger partial charge in [-0.05, 0) is 24.6 Å². The molecule has 0 saturated heterocycles. The molecule has 8 heteroatoms. The maximum absolute atomic E-state index is 5.98. The van der Waals surface area contributed by atoms with Crippen LogP contribution in [0.2, 0.25) is 10.0 Å². The molecule has 2 aromatic rings. The molecule has 1 aromatic heterocycles. The summed E-state index contributed by atoms with van der Waals surface area (Å²) in [6.07, 6.45) is 4.20. The fraction of sp³-hybridized carbons (Fsp3) is 0.438. The molecule has 1 aromatic carbocycles. The van der Waals surface area contributed by atoms with Crippen LogP contribution in [0, 0.1) is 0 Å². The van der Waals surface area contributed by atoms with Crippen molar-refractivity contribution >= 4 is 46.6 Å². The smallest absolute Gasteiger partial charge is 0.224 e. The Kier molecular flexibility index (Phi) is 7.88. The third-order valence-electron chi connectivity index (χ3n) is 3.20. The highest BCUT2D eigenvalue weighted by Gasteiger charge is 2.06. The zero-order chi connectivity index (χ0) is 17.4. The van der Waals surface area contributed by atoms with Gasteiger partial charge in [0.2, 0.25) is 5.95 Å². The molecule has 0 aliphatic carbocycles. The zero-order valence-corrected chi connectivity index (χ0v) is 15.9. The normalized spacial score (nSPS) is 10.8. The minimum atomic E-state index is 0.267. The van der Waals surface area contributed by atoms with Crippen LogP contribution in [0.15, 0.2) is 23.4 Å². The van der Waals surface area contributed by atoms with E-state index in [1.54, 1.807) is 17.8 Å². The molecule has 0 aliphatic heterocycles. The molecular weight excluding hydrogens is 365 g/mol. The fourth-order valence-corrected chi connectivity index (χ4v) is 3.47. The van der Waals surface area contributed by atoms with Crippen LogP contribution < -0.4 is 11.1 Å². The van der Waals surface area contributed by atoms with Gasteiger partial charge in [-0.15, -0.1) is 0 Å². The van der Waals surface area contributed by atoms with E-state index in [1.165, 1.54) is 12.8 Å². The number of halogens is 2. The Bertz CT molecular complexity index is 649. The van der Waals surface area contributed by atoms with Crippen LogP contribution in [0.3, 0.4) is 0 Å². The van der Waals surface area contributed by atoms with Crippen molar-refractivity contribution in [2.24, 2.45) is 0 Å². The number of rotatable bonds is 9. The lowest BCUT2D eigenvalue weighted by atomic mass is 10.3. The first-order valence-electron chi connectivity index (χ1n) is 7.90. The second-order valence-corrected chi connectivity index (χ2v) is 7.22. The third-order valence-corrected chi connectivity index (χ3v) is 4.57. The van der Waals surface area contributed by atoms with Gasteiger partial charge in [0, 0.05) is 34.5 Å². The van der Waals surface area contributed by atoms with Gasteiger partial charge in [-0.25, -0.2) is 4.98 Å². The summed E-state index contributed by atoms with van der Waals surface area (Å²) in [5.41, 5.74) is 6.65. The highest BCUT2D eigenvalue weighted by Crippen LogP contribution is 2.22. The average Bonchev–Trinajstić information content (AvgIpc) is 2.50. The van der Waals surface area contributed by atoms with Crippen molar-refractivity contribution in [1.82, 2.24) is 15.0 Å². The summed E-state index contributed by atoms with van der Waals surface area (Å²) in [4.78, 5) is 12.8. The molecule has 0 fully saturated rings. The number of nitrogen functional groups attached to an aromatic ring is 1. The number of nitrogens with two attached hydrogens (primary N) is 1. The summed E-state index contributed by atoms with van der Waals surface area (Å²) in [5.74, 6) is 1.95. The second kappa shape index (κ2) is 9.91. The van der Waals surface area contributed by atoms with Gasteiger partial charge in [0.15, 0.2) is 5.16 Å².